The first-order chi connectivity index (χ1) is 20.7. The number of esters is 3. The fourth-order valence-corrected chi connectivity index (χ4v) is 8.34. The number of aliphatic hydroxyl groups is 1. The number of ether oxygens (including phenoxy) is 4. The quantitative estimate of drug-likeness (QED) is 0.350. The van der Waals surface area contributed by atoms with Crippen molar-refractivity contribution in [2.24, 2.45) is 28.6 Å². The van der Waals surface area contributed by atoms with Crippen LogP contribution in [0.15, 0.2) is 39.8 Å². The lowest BCUT2D eigenvalue weighted by atomic mass is 9.41. The summed E-state index contributed by atoms with van der Waals surface area (Å²) in [6.07, 6.45) is 2.77. The highest BCUT2D eigenvalue weighted by Crippen LogP contribution is 2.68. The lowest BCUT2D eigenvalue weighted by Gasteiger charge is -2.66. The van der Waals surface area contributed by atoms with E-state index in [2.05, 4.69) is 4.98 Å². The molecule has 11 nitrogen and oxygen atoms in total. The summed E-state index contributed by atoms with van der Waals surface area (Å²) in [6, 6.07) is 5.03. The molecule has 1 aliphatic heterocycles. The van der Waals surface area contributed by atoms with Gasteiger partial charge in [0.1, 0.15) is 28.8 Å². The maximum absolute atomic E-state index is 13.5. The van der Waals surface area contributed by atoms with E-state index >= 15 is 0 Å². The molecule has 3 heterocycles. The molecule has 0 bridgehead atoms. The number of aliphatic hydroxyl groups excluding tert-OH is 1. The fourth-order valence-electron chi connectivity index (χ4n) is 8.34. The number of pyridine rings is 1. The van der Waals surface area contributed by atoms with Crippen LogP contribution in [0.4, 0.5) is 0 Å². The number of fused-ring (bicyclic) bond motifs is 4. The van der Waals surface area contributed by atoms with Gasteiger partial charge in [-0.3, -0.25) is 19.4 Å². The standard InChI is InChI=1S/C33H41NO10/c1-7-26(37)40-16-21-10-11-31(4)24(32(21,5)17-41-18(2)35)14-25(42-19(3)36)33(6)29(31)28(38)27-23(44-33)13-22(43-30(27)39)20-9-8-12-34-15-20/h8-9,12-13,15,21,24-25,28-29,38H,7,10-11,14,16-17H2,1-6H3/t21-,24-,25+,28+,29-,31+,32+,33-/m1/s1. The molecule has 238 valence electrons. The Morgan fingerprint density at radius 3 is 2.52 bits per heavy atom. The summed E-state index contributed by atoms with van der Waals surface area (Å²) in [5, 5.41) is 12.1. The lowest BCUT2D eigenvalue weighted by Crippen LogP contribution is -2.70. The molecule has 44 heavy (non-hydrogen) atoms. The summed E-state index contributed by atoms with van der Waals surface area (Å²) in [5.41, 5.74) is -2.81. The molecule has 2 saturated carbocycles. The monoisotopic (exact) mass is 611 g/mol. The number of carbonyl (C=O) groups is 3. The number of rotatable bonds is 7. The highest BCUT2D eigenvalue weighted by Gasteiger charge is 2.70. The molecular formula is C33H41NO10. The molecule has 0 saturated heterocycles. The smallest absolute Gasteiger partial charge is 0.345 e. The zero-order valence-electron chi connectivity index (χ0n) is 26.1. The molecular weight excluding hydrogens is 570 g/mol. The van der Waals surface area contributed by atoms with E-state index in [9.17, 15) is 24.3 Å². The number of hydrogen-bond donors (Lipinski definition) is 1. The fraction of sp³-hybridized carbons (Fsp3) is 0.606. The molecule has 2 aromatic heterocycles. The molecule has 0 spiro atoms. The Kier molecular flexibility index (Phi) is 8.39. The number of aromatic nitrogens is 1. The average Bonchev–Trinajstić information content (AvgIpc) is 2.96. The Hall–Kier alpha value is -3.73. The maximum atomic E-state index is 13.5. The van der Waals surface area contributed by atoms with E-state index in [4.69, 9.17) is 23.4 Å². The third kappa shape index (κ3) is 5.29. The molecule has 2 aromatic rings. The second kappa shape index (κ2) is 11.6. The molecule has 5 rings (SSSR count). The van der Waals surface area contributed by atoms with Crippen molar-refractivity contribution in [3.63, 3.8) is 0 Å². The molecule has 11 heteroatoms. The van der Waals surface area contributed by atoms with E-state index in [0.29, 0.717) is 24.8 Å². The minimum absolute atomic E-state index is 0.00394. The van der Waals surface area contributed by atoms with Gasteiger partial charge in [-0.15, -0.1) is 0 Å². The zero-order chi connectivity index (χ0) is 32.0. The molecule has 0 amide bonds. The van der Waals surface area contributed by atoms with Crippen molar-refractivity contribution in [3.05, 3.63) is 46.6 Å². The third-order valence-corrected chi connectivity index (χ3v) is 10.4. The molecule has 0 radical (unpaired) electrons. The summed E-state index contributed by atoms with van der Waals surface area (Å²) in [5.74, 6) is -2.09. The van der Waals surface area contributed by atoms with Gasteiger partial charge in [0.2, 0.25) is 0 Å². The van der Waals surface area contributed by atoms with Gasteiger partial charge in [-0.25, -0.2) is 4.79 Å². The average molecular weight is 612 g/mol. The van der Waals surface area contributed by atoms with Crippen LogP contribution >= 0.6 is 0 Å². The van der Waals surface area contributed by atoms with Gasteiger partial charge in [0, 0.05) is 61.5 Å². The molecule has 8 atom stereocenters. The van der Waals surface area contributed by atoms with E-state index in [1.807, 2.05) is 20.8 Å². The van der Waals surface area contributed by atoms with Crippen LogP contribution in [-0.2, 0) is 28.6 Å². The van der Waals surface area contributed by atoms with E-state index < -0.39 is 52.1 Å². The van der Waals surface area contributed by atoms with Gasteiger partial charge in [0.15, 0.2) is 0 Å². The summed E-state index contributed by atoms with van der Waals surface area (Å²) >= 11 is 0. The molecule has 3 aliphatic rings. The minimum atomic E-state index is -1.32. The van der Waals surface area contributed by atoms with E-state index in [0.717, 1.165) is 0 Å². The Morgan fingerprint density at radius 2 is 1.89 bits per heavy atom. The van der Waals surface area contributed by atoms with Crippen molar-refractivity contribution in [1.82, 2.24) is 4.98 Å². The molecule has 0 aromatic carbocycles. The van der Waals surface area contributed by atoms with Crippen LogP contribution < -0.4 is 10.4 Å². The normalized spacial score (nSPS) is 33.9. The van der Waals surface area contributed by atoms with Gasteiger partial charge >= 0.3 is 23.5 Å². The predicted octanol–water partition coefficient (Wildman–Crippen LogP) is 4.39. The number of nitrogens with zero attached hydrogens (tertiary/aromatic N) is 1. The lowest BCUT2D eigenvalue weighted by molar-refractivity contribution is -0.265. The van der Waals surface area contributed by atoms with Crippen molar-refractivity contribution in [1.29, 1.82) is 0 Å². The summed E-state index contributed by atoms with van der Waals surface area (Å²) in [6.45, 7) is 10.4. The van der Waals surface area contributed by atoms with Crippen molar-refractivity contribution in [3.8, 4) is 17.1 Å². The van der Waals surface area contributed by atoms with Gasteiger partial charge in [-0.1, -0.05) is 20.8 Å². The van der Waals surface area contributed by atoms with Crippen molar-refractivity contribution >= 4 is 17.9 Å². The van der Waals surface area contributed by atoms with E-state index in [1.54, 1.807) is 37.5 Å². The van der Waals surface area contributed by atoms with Crippen LogP contribution in [0.2, 0.25) is 0 Å². The second-order valence-electron chi connectivity index (χ2n) is 13.1. The largest absolute Gasteiger partial charge is 0.482 e. The highest BCUT2D eigenvalue weighted by atomic mass is 16.6. The molecule has 2 aliphatic carbocycles. The summed E-state index contributed by atoms with van der Waals surface area (Å²) < 4.78 is 29.5. The SMILES string of the molecule is CCC(=O)OC[C@H]1CC[C@@]2(C)[C@@H](C[C@H](OC(C)=O)[C@@]3(C)Oc4cc(-c5cccnc5)oc(=O)c4[C@H](O)[C@H]23)[C@@]1(C)COC(C)=O. The third-order valence-electron chi connectivity index (χ3n) is 10.4. The first-order valence-electron chi connectivity index (χ1n) is 15.2. The summed E-state index contributed by atoms with van der Waals surface area (Å²) in [7, 11) is 0. The number of hydrogen-bond acceptors (Lipinski definition) is 11. The van der Waals surface area contributed by atoms with Crippen LogP contribution in [0.25, 0.3) is 11.3 Å². The first-order valence-corrected chi connectivity index (χ1v) is 15.2. The van der Waals surface area contributed by atoms with Crippen LogP contribution in [0, 0.1) is 28.6 Å². The van der Waals surface area contributed by atoms with Crippen LogP contribution in [0.5, 0.6) is 5.75 Å². The van der Waals surface area contributed by atoms with Gasteiger partial charge < -0.3 is 28.5 Å². The molecule has 0 unspecified atom stereocenters. The topological polar surface area (TPSA) is 151 Å². The van der Waals surface area contributed by atoms with Crippen LogP contribution in [-0.4, -0.2) is 52.9 Å². The zero-order valence-corrected chi connectivity index (χ0v) is 26.1. The van der Waals surface area contributed by atoms with Gasteiger partial charge in [0.05, 0.1) is 19.3 Å². The van der Waals surface area contributed by atoms with Gasteiger partial charge in [-0.05, 0) is 49.7 Å². The minimum Gasteiger partial charge on any atom is -0.482 e. The van der Waals surface area contributed by atoms with Gasteiger partial charge in [0.25, 0.3) is 0 Å². The number of carbonyl (C=O) groups excluding carboxylic acids is 3. The Balaban J connectivity index is 1.63. The van der Waals surface area contributed by atoms with E-state index in [1.165, 1.54) is 13.8 Å². The molecule has 1 N–H and O–H groups in total. The highest BCUT2D eigenvalue weighted by molar-refractivity contribution is 5.69. The predicted molar refractivity (Wildman–Crippen MR) is 156 cm³/mol. The van der Waals surface area contributed by atoms with Gasteiger partial charge in [-0.2, -0.15) is 0 Å². The Morgan fingerprint density at radius 1 is 1.14 bits per heavy atom. The van der Waals surface area contributed by atoms with Crippen molar-refractivity contribution in [2.75, 3.05) is 13.2 Å². The summed E-state index contributed by atoms with van der Waals surface area (Å²) in [4.78, 5) is 54.3. The van der Waals surface area contributed by atoms with E-state index in [-0.39, 0.29) is 54.5 Å². The maximum Gasteiger partial charge on any atom is 0.345 e. The Labute approximate surface area is 256 Å². The van der Waals surface area contributed by atoms with Crippen LogP contribution in [0.1, 0.15) is 78.9 Å². The first kappa shape index (κ1) is 31.7. The molecule has 2 fully saturated rings. The second-order valence-corrected chi connectivity index (χ2v) is 13.1. The van der Waals surface area contributed by atoms with Crippen molar-refractivity contribution < 1.29 is 42.9 Å². The Bertz CT molecular complexity index is 1490. The van der Waals surface area contributed by atoms with Crippen molar-refractivity contribution in [2.45, 2.75) is 85.0 Å². The van der Waals surface area contributed by atoms with Crippen LogP contribution in [0.3, 0.4) is 0 Å².